The van der Waals surface area contributed by atoms with E-state index in [1.807, 2.05) is 48.5 Å². The van der Waals surface area contributed by atoms with Gasteiger partial charge in [0.25, 0.3) is 0 Å². The molecule has 0 bridgehead atoms. The third-order valence-electron chi connectivity index (χ3n) is 4.19. The smallest absolute Gasteiger partial charge is 0.318 e. The molecule has 0 spiro atoms. The molecule has 128 valence electrons. The van der Waals surface area contributed by atoms with Gasteiger partial charge in [-0.3, -0.25) is 9.36 Å². The molecule has 0 N–H and O–H groups in total. The Morgan fingerprint density at radius 1 is 1.00 bits per heavy atom. The van der Waals surface area contributed by atoms with Crippen molar-refractivity contribution in [2.24, 2.45) is 10.1 Å². The van der Waals surface area contributed by atoms with Gasteiger partial charge in [-0.25, -0.2) is 9.79 Å². The molecule has 0 radical (unpaired) electrons. The molecule has 26 heavy (non-hydrogen) atoms. The molecule has 0 saturated heterocycles. The van der Waals surface area contributed by atoms with Crippen LogP contribution in [-0.4, -0.2) is 27.9 Å². The highest BCUT2D eigenvalue weighted by molar-refractivity contribution is 6.58. The number of carbonyl (C=O) groups excluding carboxylic acids is 2. The zero-order valence-corrected chi connectivity index (χ0v) is 14.3. The Balaban J connectivity index is 1.95. The molecule has 2 aromatic carbocycles. The van der Waals surface area contributed by atoms with Crippen LogP contribution in [0.25, 0.3) is 10.9 Å². The second kappa shape index (κ2) is 6.07. The first-order valence-electron chi connectivity index (χ1n) is 8.11. The van der Waals surface area contributed by atoms with Gasteiger partial charge in [-0.05, 0) is 12.1 Å². The van der Waals surface area contributed by atoms with Gasteiger partial charge in [0.05, 0.1) is 11.2 Å². The number of hydrogen-bond acceptors (Lipinski definition) is 5. The highest BCUT2D eigenvalue weighted by Crippen LogP contribution is 2.32. The van der Waals surface area contributed by atoms with Crippen LogP contribution >= 0.6 is 0 Å². The van der Waals surface area contributed by atoms with Crippen molar-refractivity contribution in [3.63, 3.8) is 0 Å². The van der Waals surface area contributed by atoms with Crippen LogP contribution < -0.4 is 0 Å². The highest BCUT2D eigenvalue weighted by Gasteiger charge is 2.27. The number of oxime groups is 1. The summed E-state index contributed by atoms with van der Waals surface area (Å²) in [5.74, 6) is -0.602. The maximum atomic E-state index is 12.0. The van der Waals surface area contributed by atoms with Gasteiger partial charge in [-0.1, -0.05) is 41.6 Å². The fraction of sp³-hybridized carbons (Fsp3) is 0.100. The summed E-state index contributed by atoms with van der Waals surface area (Å²) in [7, 11) is 0. The van der Waals surface area contributed by atoms with E-state index in [1.54, 1.807) is 10.8 Å². The van der Waals surface area contributed by atoms with Gasteiger partial charge < -0.3 is 4.84 Å². The van der Waals surface area contributed by atoms with Crippen LogP contribution in [0.3, 0.4) is 0 Å². The zero-order valence-electron chi connectivity index (χ0n) is 14.3. The summed E-state index contributed by atoms with van der Waals surface area (Å²) in [4.78, 5) is 32.8. The van der Waals surface area contributed by atoms with E-state index in [-0.39, 0.29) is 5.91 Å². The first kappa shape index (κ1) is 16.0. The molecule has 0 unspecified atom stereocenters. The van der Waals surface area contributed by atoms with E-state index in [1.165, 1.54) is 13.8 Å². The number of para-hydroxylation sites is 2. The molecular weight excluding hydrogens is 330 g/mol. The van der Waals surface area contributed by atoms with Gasteiger partial charge in [0.2, 0.25) is 5.91 Å². The standard InChI is InChI=1S/C20H15N3O3/c1-12(24)23-11-16(14-7-4-6-10-18(14)23)19-20(22-26-13(2)25)15-8-3-5-9-17(15)21-19/h3-11H,1-2H3/b22-20-. The van der Waals surface area contributed by atoms with Crippen molar-refractivity contribution >= 4 is 39.9 Å². The molecule has 1 aromatic heterocycles. The molecule has 1 aliphatic rings. The minimum Gasteiger partial charge on any atom is -0.318 e. The van der Waals surface area contributed by atoms with Crippen molar-refractivity contribution in [2.75, 3.05) is 0 Å². The average Bonchev–Trinajstić information content (AvgIpc) is 3.18. The summed E-state index contributed by atoms with van der Waals surface area (Å²) in [5, 5.41) is 4.90. The molecular formula is C20H15N3O3. The first-order valence-corrected chi connectivity index (χ1v) is 8.11. The molecule has 6 nitrogen and oxygen atoms in total. The number of carbonyl (C=O) groups is 2. The van der Waals surface area contributed by atoms with Crippen molar-refractivity contribution in [1.29, 1.82) is 0 Å². The maximum absolute atomic E-state index is 12.0. The largest absolute Gasteiger partial charge is 0.332 e. The van der Waals surface area contributed by atoms with Gasteiger partial charge >= 0.3 is 5.97 Å². The lowest BCUT2D eigenvalue weighted by Gasteiger charge is -2.02. The summed E-state index contributed by atoms with van der Waals surface area (Å²) < 4.78 is 1.58. The quantitative estimate of drug-likeness (QED) is 0.525. The molecule has 6 heteroatoms. The van der Waals surface area contributed by atoms with E-state index in [4.69, 9.17) is 4.84 Å². The van der Waals surface area contributed by atoms with Crippen molar-refractivity contribution in [2.45, 2.75) is 13.8 Å². The molecule has 0 saturated carbocycles. The number of aromatic nitrogens is 1. The summed E-state index contributed by atoms with van der Waals surface area (Å²) >= 11 is 0. The fourth-order valence-corrected chi connectivity index (χ4v) is 3.09. The van der Waals surface area contributed by atoms with Gasteiger partial charge in [0.1, 0.15) is 11.4 Å². The second-order valence-corrected chi connectivity index (χ2v) is 5.95. The number of nitrogens with zero attached hydrogens (tertiary/aromatic N) is 3. The lowest BCUT2D eigenvalue weighted by atomic mass is 10.0. The second-order valence-electron chi connectivity index (χ2n) is 5.95. The van der Waals surface area contributed by atoms with Gasteiger partial charge in [-0.15, -0.1) is 0 Å². The number of benzene rings is 2. The van der Waals surface area contributed by atoms with E-state index in [0.717, 1.165) is 27.7 Å². The SMILES string of the molecule is CC(=O)O/N=C1\C(c2cn(C(C)=O)c3ccccc23)=Nc2ccccc21. The van der Waals surface area contributed by atoms with E-state index in [2.05, 4.69) is 10.1 Å². The Hall–Kier alpha value is -3.54. The number of aliphatic imine (C=N–C) groups is 1. The molecule has 4 rings (SSSR count). The Labute approximate surface area is 149 Å². The van der Waals surface area contributed by atoms with Gasteiger partial charge in [0.15, 0.2) is 0 Å². The molecule has 1 aliphatic heterocycles. The summed E-state index contributed by atoms with van der Waals surface area (Å²) in [6.07, 6.45) is 1.75. The summed E-state index contributed by atoms with van der Waals surface area (Å²) in [6.45, 7) is 2.80. The van der Waals surface area contributed by atoms with Crippen LogP contribution in [0, 0.1) is 0 Å². The van der Waals surface area contributed by atoms with Crippen LogP contribution in [0.2, 0.25) is 0 Å². The van der Waals surface area contributed by atoms with Crippen molar-refractivity contribution < 1.29 is 14.4 Å². The van der Waals surface area contributed by atoms with Gasteiger partial charge in [0, 0.05) is 36.6 Å². The lowest BCUT2D eigenvalue weighted by molar-refractivity contribution is -0.140. The van der Waals surface area contributed by atoms with Crippen LogP contribution in [0.4, 0.5) is 5.69 Å². The molecule has 0 amide bonds. The van der Waals surface area contributed by atoms with Crippen molar-refractivity contribution in [1.82, 2.24) is 4.57 Å². The van der Waals surface area contributed by atoms with E-state index < -0.39 is 5.97 Å². The molecule has 3 aromatic rings. The molecule has 2 heterocycles. The maximum Gasteiger partial charge on any atom is 0.332 e. The average molecular weight is 345 g/mol. The highest BCUT2D eigenvalue weighted by atomic mass is 16.7. The zero-order chi connectivity index (χ0) is 18.3. The first-order chi connectivity index (χ1) is 12.6. The predicted molar refractivity (Wildman–Crippen MR) is 99.2 cm³/mol. The predicted octanol–water partition coefficient (Wildman–Crippen LogP) is 3.70. The van der Waals surface area contributed by atoms with Crippen molar-refractivity contribution in [3.05, 3.63) is 65.9 Å². The van der Waals surface area contributed by atoms with Crippen LogP contribution in [-0.2, 0) is 9.63 Å². The third kappa shape index (κ3) is 2.52. The molecule has 0 aliphatic carbocycles. The molecule has 0 atom stereocenters. The van der Waals surface area contributed by atoms with E-state index in [0.29, 0.717) is 11.4 Å². The number of hydrogen-bond donors (Lipinski definition) is 0. The Morgan fingerprint density at radius 3 is 2.50 bits per heavy atom. The van der Waals surface area contributed by atoms with Gasteiger partial charge in [-0.2, -0.15) is 0 Å². The monoisotopic (exact) mass is 345 g/mol. The van der Waals surface area contributed by atoms with E-state index >= 15 is 0 Å². The van der Waals surface area contributed by atoms with Crippen LogP contribution in [0.1, 0.15) is 29.8 Å². The van der Waals surface area contributed by atoms with E-state index in [9.17, 15) is 9.59 Å². The van der Waals surface area contributed by atoms with Crippen molar-refractivity contribution in [3.8, 4) is 0 Å². The minimum absolute atomic E-state index is 0.0953. The normalized spacial score (nSPS) is 14.4. The third-order valence-corrected chi connectivity index (χ3v) is 4.19. The Morgan fingerprint density at radius 2 is 1.73 bits per heavy atom. The minimum atomic E-state index is -0.507. The number of fused-ring (bicyclic) bond motifs is 2. The topological polar surface area (TPSA) is 73.0 Å². The Kier molecular flexibility index (Phi) is 3.73. The Bertz CT molecular complexity index is 1120. The summed E-state index contributed by atoms with van der Waals surface area (Å²) in [5.41, 5.74) is 4.13. The summed E-state index contributed by atoms with van der Waals surface area (Å²) in [6, 6.07) is 15.1. The fourth-order valence-electron chi connectivity index (χ4n) is 3.09. The van der Waals surface area contributed by atoms with Crippen LogP contribution in [0.5, 0.6) is 0 Å². The van der Waals surface area contributed by atoms with Crippen LogP contribution in [0.15, 0.2) is 64.9 Å². The number of rotatable bonds is 2. The lowest BCUT2D eigenvalue weighted by Crippen LogP contribution is -2.14. The molecule has 0 fully saturated rings.